The van der Waals surface area contributed by atoms with Crippen molar-refractivity contribution >= 4 is 23.4 Å². The first-order valence-corrected chi connectivity index (χ1v) is 12.2. The molecule has 1 saturated heterocycles. The average molecular weight is 467 g/mol. The molecule has 1 atom stereocenters. The Kier molecular flexibility index (Phi) is 7.34. The number of aryl methyl sites for hydroxylation is 1. The minimum absolute atomic E-state index is 0.0108. The van der Waals surface area contributed by atoms with E-state index in [2.05, 4.69) is 15.6 Å². The van der Waals surface area contributed by atoms with Gasteiger partial charge >= 0.3 is 0 Å². The lowest BCUT2D eigenvalue weighted by Gasteiger charge is -2.20. The molecule has 0 radical (unpaired) electrons. The maximum Gasteiger partial charge on any atom is 0.228 e. The number of nitrogens with one attached hydrogen (secondary N) is 2. The van der Waals surface area contributed by atoms with Crippen molar-refractivity contribution in [2.24, 2.45) is 11.8 Å². The van der Waals surface area contributed by atoms with E-state index >= 15 is 0 Å². The third-order valence-corrected chi connectivity index (χ3v) is 6.86. The number of amides is 3. The Labute approximate surface area is 200 Å². The van der Waals surface area contributed by atoms with Crippen molar-refractivity contribution < 1.29 is 18.8 Å². The summed E-state index contributed by atoms with van der Waals surface area (Å²) in [6.45, 7) is 6.37. The summed E-state index contributed by atoms with van der Waals surface area (Å²) < 4.78 is 5.90. The first-order valence-electron chi connectivity index (χ1n) is 12.2. The van der Waals surface area contributed by atoms with Crippen LogP contribution in [0.3, 0.4) is 0 Å². The van der Waals surface area contributed by atoms with Gasteiger partial charge in [0.2, 0.25) is 23.6 Å². The van der Waals surface area contributed by atoms with Crippen molar-refractivity contribution in [3.8, 4) is 11.5 Å². The van der Waals surface area contributed by atoms with Crippen LogP contribution in [-0.2, 0) is 20.9 Å². The Morgan fingerprint density at radius 1 is 1.21 bits per heavy atom. The number of para-hydroxylation sites is 1. The quantitative estimate of drug-likeness (QED) is 0.611. The molecule has 3 amide bonds. The summed E-state index contributed by atoms with van der Waals surface area (Å²) in [4.78, 5) is 43.7. The molecular formula is C26H34N4O4. The number of nitrogens with zero attached hydrogens (tertiary/aromatic N) is 2. The van der Waals surface area contributed by atoms with E-state index in [9.17, 15) is 14.4 Å². The second kappa shape index (κ2) is 10.4. The van der Waals surface area contributed by atoms with Crippen molar-refractivity contribution in [2.75, 3.05) is 11.9 Å². The van der Waals surface area contributed by atoms with Gasteiger partial charge in [-0.15, -0.1) is 0 Å². The molecule has 1 saturated carbocycles. The molecular weight excluding hydrogens is 432 g/mol. The van der Waals surface area contributed by atoms with E-state index in [0.717, 1.165) is 12.8 Å². The second-order valence-corrected chi connectivity index (χ2v) is 9.73. The van der Waals surface area contributed by atoms with Crippen molar-refractivity contribution in [3.63, 3.8) is 0 Å². The lowest BCUT2D eigenvalue weighted by molar-refractivity contribution is -0.130. The van der Waals surface area contributed by atoms with E-state index in [0.29, 0.717) is 47.5 Å². The highest BCUT2D eigenvalue weighted by Crippen LogP contribution is 2.31. The van der Waals surface area contributed by atoms with Crippen molar-refractivity contribution in [1.82, 2.24) is 15.2 Å². The van der Waals surface area contributed by atoms with E-state index in [1.165, 1.54) is 12.8 Å². The normalized spacial score (nSPS) is 18.6. The van der Waals surface area contributed by atoms with E-state index in [1.54, 1.807) is 11.8 Å². The van der Waals surface area contributed by atoms with Crippen molar-refractivity contribution in [2.45, 2.75) is 71.9 Å². The monoisotopic (exact) mass is 466 g/mol. The summed E-state index contributed by atoms with van der Waals surface area (Å²) in [7, 11) is 0. The Hall–Kier alpha value is -3.16. The highest BCUT2D eigenvalue weighted by atomic mass is 16.4. The number of carbonyl (C=O) groups is 3. The van der Waals surface area contributed by atoms with E-state index in [1.807, 2.05) is 38.1 Å². The van der Waals surface area contributed by atoms with E-state index in [-0.39, 0.29) is 42.6 Å². The largest absolute Gasteiger partial charge is 0.441 e. The molecule has 0 spiro atoms. The van der Waals surface area contributed by atoms with Crippen LogP contribution in [0.2, 0.25) is 0 Å². The predicted molar refractivity (Wildman–Crippen MR) is 129 cm³/mol. The van der Waals surface area contributed by atoms with E-state index in [4.69, 9.17) is 4.42 Å². The van der Waals surface area contributed by atoms with Crippen LogP contribution in [-0.4, -0.2) is 40.2 Å². The van der Waals surface area contributed by atoms with Crippen LogP contribution < -0.4 is 10.6 Å². The van der Waals surface area contributed by atoms with Crippen LogP contribution in [0.4, 0.5) is 5.69 Å². The molecule has 1 aromatic carbocycles. The second-order valence-electron chi connectivity index (χ2n) is 9.73. The number of likely N-dealkylation sites (tertiary alicyclic amines) is 1. The van der Waals surface area contributed by atoms with Gasteiger partial charge in [-0.3, -0.25) is 14.4 Å². The average Bonchev–Trinajstić information content (AvgIpc) is 3.53. The molecule has 34 heavy (non-hydrogen) atoms. The lowest BCUT2D eigenvalue weighted by atomic mass is 10.0. The lowest BCUT2D eigenvalue weighted by Crippen LogP contribution is -2.35. The molecule has 2 heterocycles. The van der Waals surface area contributed by atoms with Crippen LogP contribution >= 0.6 is 0 Å². The summed E-state index contributed by atoms with van der Waals surface area (Å²) in [6, 6.07) is 7.55. The maximum absolute atomic E-state index is 12.6. The number of oxazole rings is 1. The number of carbonyl (C=O) groups excluding carboxylic acids is 3. The third kappa shape index (κ3) is 5.48. The first kappa shape index (κ1) is 24.0. The molecule has 2 aliphatic rings. The van der Waals surface area contributed by atoms with Crippen molar-refractivity contribution in [1.29, 1.82) is 0 Å². The number of aromatic nitrogens is 1. The number of hydrogen-bond donors (Lipinski definition) is 2. The molecule has 8 nitrogen and oxygen atoms in total. The van der Waals surface area contributed by atoms with Crippen LogP contribution in [0.15, 0.2) is 28.7 Å². The Balaban J connectivity index is 1.40. The highest BCUT2D eigenvalue weighted by molar-refractivity contribution is 5.94. The Morgan fingerprint density at radius 3 is 2.65 bits per heavy atom. The SMILES string of the molecule is Cc1oc(-c2ccccc2NC(=O)CC2CCCC2)nc1CNC(=O)[C@@H]1CC(=O)N(C(C)C)C1. The zero-order valence-electron chi connectivity index (χ0n) is 20.2. The van der Waals surface area contributed by atoms with Crippen LogP contribution in [0, 0.1) is 18.8 Å². The summed E-state index contributed by atoms with van der Waals surface area (Å²) >= 11 is 0. The first-order chi connectivity index (χ1) is 16.3. The zero-order valence-corrected chi connectivity index (χ0v) is 20.2. The van der Waals surface area contributed by atoms with Crippen LogP contribution in [0.1, 0.15) is 63.8 Å². The molecule has 2 N–H and O–H groups in total. The Bertz CT molecular complexity index is 1050. The summed E-state index contributed by atoms with van der Waals surface area (Å²) in [5.74, 6) is 0.999. The fraction of sp³-hybridized carbons (Fsp3) is 0.538. The molecule has 0 unspecified atom stereocenters. The minimum Gasteiger partial charge on any atom is -0.441 e. The number of rotatable bonds is 8. The van der Waals surface area contributed by atoms with Gasteiger partial charge in [0.1, 0.15) is 11.5 Å². The van der Waals surface area contributed by atoms with Gasteiger partial charge in [-0.1, -0.05) is 25.0 Å². The van der Waals surface area contributed by atoms with Crippen LogP contribution in [0.5, 0.6) is 0 Å². The van der Waals surface area contributed by atoms with Gasteiger partial charge in [0, 0.05) is 25.4 Å². The van der Waals surface area contributed by atoms with Gasteiger partial charge in [-0.2, -0.15) is 0 Å². The topological polar surface area (TPSA) is 105 Å². The van der Waals surface area contributed by atoms with Gasteiger partial charge in [-0.05, 0) is 51.7 Å². The van der Waals surface area contributed by atoms with Gasteiger partial charge in [0.05, 0.1) is 23.7 Å². The van der Waals surface area contributed by atoms with Crippen molar-refractivity contribution in [3.05, 3.63) is 35.7 Å². The van der Waals surface area contributed by atoms with Gasteiger partial charge in [0.15, 0.2) is 0 Å². The van der Waals surface area contributed by atoms with Gasteiger partial charge < -0.3 is 20.0 Å². The molecule has 1 aliphatic carbocycles. The maximum atomic E-state index is 12.6. The molecule has 8 heteroatoms. The molecule has 1 aliphatic heterocycles. The molecule has 2 fully saturated rings. The number of benzene rings is 1. The Morgan fingerprint density at radius 2 is 1.94 bits per heavy atom. The molecule has 0 bridgehead atoms. The molecule has 182 valence electrons. The van der Waals surface area contributed by atoms with Gasteiger partial charge in [0.25, 0.3) is 0 Å². The molecule has 1 aromatic heterocycles. The zero-order chi connectivity index (χ0) is 24.2. The smallest absolute Gasteiger partial charge is 0.228 e. The number of anilines is 1. The molecule has 2 aromatic rings. The minimum atomic E-state index is -0.350. The highest BCUT2D eigenvalue weighted by Gasteiger charge is 2.35. The predicted octanol–water partition coefficient (Wildman–Crippen LogP) is 4.04. The van der Waals surface area contributed by atoms with E-state index < -0.39 is 0 Å². The fourth-order valence-electron chi connectivity index (χ4n) is 4.89. The fourth-order valence-corrected chi connectivity index (χ4v) is 4.89. The standard InChI is InChI=1S/C26H34N4O4/c1-16(2)30-15-19(13-24(30)32)25(33)27-14-22-17(3)34-26(29-22)20-10-6-7-11-21(20)28-23(31)12-18-8-4-5-9-18/h6-7,10-11,16,18-19H,4-5,8-9,12-15H2,1-3H3,(H,27,33)(H,28,31)/t19-/m1/s1. The van der Waals surface area contributed by atoms with Gasteiger partial charge in [-0.25, -0.2) is 4.98 Å². The van der Waals surface area contributed by atoms with Crippen LogP contribution in [0.25, 0.3) is 11.5 Å². The summed E-state index contributed by atoms with van der Waals surface area (Å²) in [5.41, 5.74) is 2.00. The summed E-state index contributed by atoms with van der Waals surface area (Å²) in [6.07, 6.45) is 5.42. The molecule has 4 rings (SSSR count). The number of hydrogen-bond acceptors (Lipinski definition) is 5. The summed E-state index contributed by atoms with van der Waals surface area (Å²) in [5, 5.41) is 5.93. The third-order valence-electron chi connectivity index (χ3n) is 6.86.